The third-order valence-corrected chi connectivity index (χ3v) is 5.46. The van der Waals surface area contributed by atoms with Gasteiger partial charge in [0, 0.05) is 11.3 Å². The van der Waals surface area contributed by atoms with Crippen LogP contribution in [0.15, 0.2) is 77.0 Å². The Morgan fingerprint density at radius 2 is 1.66 bits per heavy atom. The van der Waals surface area contributed by atoms with E-state index in [-0.39, 0.29) is 23.2 Å². The molecular weight excluding hydrogens is 404 g/mol. The van der Waals surface area contributed by atoms with Crippen molar-refractivity contribution in [1.29, 1.82) is 0 Å². The van der Waals surface area contributed by atoms with E-state index in [4.69, 9.17) is 9.15 Å². The lowest BCUT2D eigenvalue weighted by atomic mass is 9.87. The number of rotatable bonds is 6. The molecule has 1 N–H and O–H groups in total. The first kappa shape index (κ1) is 21.4. The molecule has 0 aliphatic carbocycles. The zero-order valence-electron chi connectivity index (χ0n) is 18.6. The number of benzene rings is 2. The van der Waals surface area contributed by atoms with E-state index in [0.717, 1.165) is 5.69 Å². The van der Waals surface area contributed by atoms with Crippen LogP contribution in [0.1, 0.15) is 37.7 Å². The Balaban J connectivity index is 1.75. The van der Waals surface area contributed by atoms with Crippen LogP contribution in [-0.4, -0.2) is 23.8 Å². The molecule has 32 heavy (non-hydrogen) atoms. The highest BCUT2D eigenvalue weighted by Crippen LogP contribution is 2.36. The van der Waals surface area contributed by atoms with E-state index in [1.165, 1.54) is 16.7 Å². The number of nitrogens with zero attached hydrogens (tertiary/aromatic N) is 1. The van der Waals surface area contributed by atoms with Crippen molar-refractivity contribution in [2.45, 2.75) is 32.7 Å². The van der Waals surface area contributed by atoms with Crippen LogP contribution in [0.25, 0.3) is 5.57 Å². The molecule has 6 nitrogen and oxygen atoms in total. The normalized spacial score (nSPS) is 14.3. The summed E-state index contributed by atoms with van der Waals surface area (Å²) in [5.41, 5.74) is 2.97. The largest absolute Gasteiger partial charge is 0.496 e. The molecule has 2 aromatic carbocycles. The first-order valence-electron chi connectivity index (χ1n) is 10.4. The van der Waals surface area contributed by atoms with Gasteiger partial charge < -0.3 is 14.5 Å². The second kappa shape index (κ2) is 8.38. The number of carbonyl (C=O) groups is 2. The van der Waals surface area contributed by atoms with Gasteiger partial charge in [-0.15, -0.1) is 0 Å². The molecule has 0 unspecified atom stereocenters. The highest BCUT2D eigenvalue weighted by atomic mass is 16.5. The Kier molecular flexibility index (Phi) is 5.61. The molecule has 164 valence electrons. The summed E-state index contributed by atoms with van der Waals surface area (Å²) < 4.78 is 10.8. The van der Waals surface area contributed by atoms with Crippen molar-refractivity contribution in [3.8, 4) is 5.75 Å². The van der Waals surface area contributed by atoms with Crippen LogP contribution in [0.5, 0.6) is 5.75 Å². The minimum absolute atomic E-state index is 0.0132. The van der Waals surface area contributed by atoms with Crippen LogP contribution in [0.3, 0.4) is 0 Å². The maximum atomic E-state index is 13.4. The number of hydrogen-bond donors (Lipinski definition) is 1. The first-order chi connectivity index (χ1) is 15.3. The van der Waals surface area contributed by atoms with E-state index >= 15 is 0 Å². The second-order valence-electron chi connectivity index (χ2n) is 8.68. The van der Waals surface area contributed by atoms with Gasteiger partial charge in [0.05, 0.1) is 25.5 Å². The van der Waals surface area contributed by atoms with Crippen LogP contribution in [-0.2, 0) is 21.5 Å². The molecule has 0 saturated carbocycles. The molecule has 0 atom stereocenters. The van der Waals surface area contributed by atoms with E-state index in [9.17, 15) is 9.59 Å². The Hall–Kier alpha value is -3.80. The molecule has 0 radical (unpaired) electrons. The smallest absolute Gasteiger partial charge is 0.278 e. The minimum Gasteiger partial charge on any atom is -0.496 e. The van der Waals surface area contributed by atoms with Crippen molar-refractivity contribution >= 4 is 23.1 Å². The SMILES string of the molecule is COc1ccccc1C1=C(Nc2ccc(C(C)(C)C)cc2)C(=O)N(Cc2ccco2)C1=O. The number of ether oxygens (including phenoxy) is 1. The second-order valence-corrected chi connectivity index (χ2v) is 8.68. The number of imide groups is 1. The van der Waals surface area contributed by atoms with Gasteiger partial charge >= 0.3 is 0 Å². The number of hydrogen-bond acceptors (Lipinski definition) is 5. The maximum Gasteiger partial charge on any atom is 0.278 e. The molecule has 6 heteroatoms. The summed E-state index contributed by atoms with van der Waals surface area (Å²) in [6, 6.07) is 18.5. The number of furan rings is 1. The van der Waals surface area contributed by atoms with Crippen LogP contribution in [0.2, 0.25) is 0 Å². The molecule has 0 fully saturated rings. The van der Waals surface area contributed by atoms with Gasteiger partial charge in [0.1, 0.15) is 17.2 Å². The van der Waals surface area contributed by atoms with E-state index in [2.05, 4.69) is 26.1 Å². The topological polar surface area (TPSA) is 71.8 Å². The van der Waals surface area contributed by atoms with E-state index in [1.54, 1.807) is 31.4 Å². The third kappa shape index (κ3) is 4.04. The van der Waals surface area contributed by atoms with E-state index < -0.39 is 11.8 Å². The number of carbonyl (C=O) groups excluding carboxylic acids is 2. The predicted molar refractivity (Wildman–Crippen MR) is 123 cm³/mol. The molecule has 2 heterocycles. The van der Waals surface area contributed by atoms with Crippen molar-refractivity contribution in [2.24, 2.45) is 0 Å². The molecule has 4 rings (SSSR count). The van der Waals surface area contributed by atoms with Crippen LogP contribution in [0, 0.1) is 0 Å². The molecule has 1 aromatic heterocycles. The maximum absolute atomic E-state index is 13.4. The van der Waals surface area contributed by atoms with Gasteiger partial charge in [-0.1, -0.05) is 51.1 Å². The van der Waals surface area contributed by atoms with Crippen LogP contribution >= 0.6 is 0 Å². The predicted octanol–water partition coefficient (Wildman–Crippen LogP) is 4.98. The van der Waals surface area contributed by atoms with Gasteiger partial charge in [-0.2, -0.15) is 0 Å². The molecule has 3 aromatic rings. The fraction of sp³-hybridized carbons (Fsp3) is 0.231. The van der Waals surface area contributed by atoms with Crippen molar-refractivity contribution in [3.05, 3.63) is 89.5 Å². The molecule has 0 spiro atoms. The minimum atomic E-state index is -0.410. The average Bonchev–Trinajstić information content (AvgIpc) is 3.36. The fourth-order valence-electron chi connectivity index (χ4n) is 3.69. The van der Waals surface area contributed by atoms with Gasteiger partial charge in [-0.05, 0) is 41.3 Å². The lowest BCUT2D eigenvalue weighted by Crippen LogP contribution is -2.31. The number of nitrogens with one attached hydrogen (secondary N) is 1. The van der Waals surface area contributed by atoms with Gasteiger partial charge in [0.2, 0.25) is 0 Å². The van der Waals surface area contributed by atoms with Gasteiger partial charge in [0.25, 0.3) is 11.8 Å². The first-order valence-corrected chi connectivity index (χ1v) is 10.4. The fourth-order valence-corrected chi connectivity index (χ4v) is 3.69. The van der Waals surface area contributed by atoms with E-state index in [0.29, 0.717) is 17.1 Å². The summed E-state index contributed by atoms with van der Waals surface area (Å²) in [4.78, 5) is 28.0. The molecule has 2 amide bonds. The summed E-state index contributed by atoms with van der Waals surface area (Å²) in [5.74, 6) is 0.240. The summed E-state index contributed by atoms with van der Waals surface area (Å²) in [6.07, 6.45) is 1.52. The van der Waals surface area contributed by atoms with Crippen molar-refractivity contribution in [3.63, 3.8) is 0 Å². The van der Waals surface area contributed by atoms with Gasteiger partial charge in [0.15, 0.2) is 0 Å². The monoisotopic (exact) mass is 430 g/mol. The zero-order valence-corrected chi connectivity index (χ0v) is 18.6. The number of methoxy groups -OCH3 is 1. The van der Waals surface area contributed by atoms with Crippen molar-refractivity contribution < 1.29 is 18.7 Å². The van der Waals surface area contributed by atoms with Gasteiger partial charge in [-0.3, -0.25) is 14.5 Å². The van der Waals surface area contributed by atoms with Gasteiger partial charge in [-0.25, -0.2) is 0 Å². The highest BCUT2D eigenvalue weighted by molar-refractivity contribution is 6.36. The van der Waals surface area contributed by atoms with Crippen molar-refractivity contribution in [2.75, 3.05) is 12.4 Å². The number of amides is 2. The van der Waals surface area contributed by atoms with Crippen LogP contribution < -0.4 is 10.1 Å². The third-order valence-electron chi connectivity index (χ3n) is 5.46. The standard InChI is InChI=1S/C26H26N2O4/c1-26(2,3)17-11-13-18(14-12-17)27-23-22(20-9-5-6-10-21(20)31-4)24(29)28(25(23)30)16-19-8-7-15-32-19/h5-15,27H,16H2,1-4H3. The lowest BCUT2D eigenvalue weighted by Gasteiger charge is -2.19. The molecule has 0 saturated heterocycles. The molecular formula is C26H26N2O4. The number of para-hydroxylation sites is 1. The highest BCUT2D eigenvalue weighted by Gasteiger charge is 2.40. The average molecular weight is 431 g/mol. The summed E-state index contributed by atoms with van der Waals surface area (Å²) in [5, 5.41) is 3.19. The Morgan fingerprint density at radius 1 is 0.938 bits per heavy atom. The quantitative estimate of drug-likeness (QED) is 0.559. The molecule has 1 aliphatic rings. The zero-order chi connectivity index (χ0) is 22.9. The Bertz CT molecular complexity index is 1170. The van der Waals surface area contributed by atoms with Crippen LogP contribution in [0.4, 0.5) is 5.69 Å². The summed E-state index contributed by atoms with van der Waals surface area (Å²) >= 11 is 0. The summed E-state index contributed by atoms with van der Waals surface area (Å²) in [6.45, 7) is 6.48. The summed E-state index contributed by atoms with van der Waals surface area (Å²) in [7, 11) is 1.54. The molecule has 1 aliphatic heterocycles. The number of anilines is 1. The Morgan fingerprint density at radius 3 is 2.28 bits per heavy atom. The molecule has 0 bridgehead atoms. The van der Waals surface area contributed by atoms with E-state index in [1.807, 2.05) is 36.4 Å². The van der Waals surface area contributed by atoms with Crippen molar-refractivity contribution in [1.82, 2.24) is 4.90 Å². The lowest BCUT2D eigenvalue weighted by molar-refractivity contribution is -0.137. The Labute approximate surface area is 187 Å².